The number of hydrogen-bond donors (Lipinski definition) is 1. The molecule has 3 rings (SSSR count). The van der Waals surface area contributed by atoms with Gasteiger partial charge in [-0.05, 0) is 31.0 Å². The molecular weight excluding hydrogens is 260 g/mol. The average molecular weight is 276 g/mol. The van der Waals surface area contributed by atoms with E-state index in [1.807, 2.05) is 11.9 Å². The van der Waals surface area contributed by atoms with Crippen LogP contribution >= 0.6 is 0 Å². The quantitative estimate of drug-likeness (QED) is 0.925. The Bertz CT molecular complexity index is 631. The number of ether oxygens (including phenoxy) is 1. The van der Waals surface area contributed by atoms with Crippen molar-refractivity contribution < 1.29 is 19.1 Å². The molecule has 0 aliphatic carbocycles. The number of carboxylic acid groups (broad SMARTS) is 1. The first kappa shape index (κ1) is 12.9. The van der Waals surface area contributed by atoms with Gasteiger partial charge in [0.25, 0.3) is 6.01 Å². The normalized spacial score (nSPS) is 16.4. The molecule has 0 bridgehead atoms. The van der Waals surface area contributed by atoms with Gasteiger partial charge in [-0.3, -0.25) is 0 Å². The number of oxazole rings is 1. The number of rotatable bonds is 3. The summed E-state index contributed by atoms with van der Waals surface area (Å²) in [7, 11) is 1.94. The number of fused-ring (bicyclic) bond motifs is 1. The minimum absolute atomic E-state index is 0.203. The molecule has 1 fully saturated rings. The second kappa shape index (κ2) is 5.13. The van der Waals surface area contributed by atoms with Gasteiger partial charge in [0.05, 0.1) is 5.56 Å². The Hall–Kier alpha value is -2.08. The van der Waals surface area contributed by atoms with Crippen molar-refractivity contribution in [1.82, 2.24) is 4.98 Å². The number of hydrogen-bond acceptors (Lipinski definition) is 5. The van der Waals surface area contributed by atoms with E-state index in [0.717, 1.165) is 26.1 Å². The molecule has 0 atom stereocenters. The van der Waals surface area contributed by atoms with Crippen LogP contribution in [0.4, 0.5) is 6.01 Å². The van der Waals surface area contributed by atoms with Gasteiger partial charge in [0.1, 0.15) is 5.52 Å². The van der Waals surface area contributed by atoms with Crippen molar-refractivity contribution in [3.63, 3.8) is 0 Å². The molecular formula is C14H16N2O4. The largest absolute Gasteiger partial charge is 0.478 e. The standard InChI is InChI=1S/C14H16N2O4/c1-16(10-4-6-19-7-5-10)14-15-11-3-2-9(13(17)18)8-12(11)20-14/h2-3,8,10H,4-7H2,1H3,(H,17,18). The number of benzene rings is 1. The summed E-state index contributed by atoms with van der Waals surface area (Å²) >= 11 is 0. The van der Waals surface area contributed by atoms with Crippen LogP contribution in [-0.4, -0.2) is 42.4 Å². The molecule has 2 heterocycles. The Morgan fingerprint density at radius 1 is 1.40 bits per heavy atom. The maximum atomic E-state index is 10.9. The lowest BCUT2D eigenvalue weighted by Crippen LogP contribution is -2.36. The molecule has 6 heteroatoms. The molecule has 0 unspecified atom stereocenters. The highest BCUT2D eigenvalue weighted by molar-refractivity contribution is 5.92. The van der Waals surface area contributed by atoms with Crippen molar-refractivity contribution in [2.45, 2.75) is 18.9 Å². The number of aromatic nitrogens is 1. The average Bonchev–Trinajstić information content (AvgIpc) is 2.90. The van der Waals surface area contributed by atoms with Gasteiger partial charge in [0.15, 0.2) is 5.58 Å². The highest BCUT2D eigenvalue weighted by atomic mass is 16.5. The van der Waals surface area contributed by atoms with Gasteiger partial charge < -0.3 is 19.2 Å². The topological polar surface area (TPSA) is 75.8 Å². The lowest BCUT2D eigenvalue weighted by molar-refractivity contribution is 0.0697. The molecule has 20 heavy (non-hydrogen) atoms. The smallest absolute Gasteiger partial charge is 0.335 e. The van der Waals surface area contributed by atoms with Crippen molar-refractivity contribution in [2.24, 2.45) is 0 Å². The van der Waals surface area contributed by atoms with E-state index in [2.05, 4.69) is 4.98 Å². The fraction of sp³-hybridized carbons (Fsp3) is 0.429. The number of carboxylic acids is 1. The zero-order chi connectivity index (χ0) is 14.1. The van der Waals surface area contributed by atoms with Crippen molar-refractivity contribution in [2.75, 3.05) is 25.2 Å². The summed E-state index contributed by atoms with van der Waals surface area (Å²) in [6.45, 7) is 1.50. The summed E-state index contributed by atoms with van der Waals surface area (Å²) in [5.41, 5.74) is 1.37. The number of nitrogens with zero attached hydrogens (tertiary/aromatic N) is 2. The van der Waals surface area contributed by atoms with Gasteiger partial charge in [-0.15, -0.1) is 0 Å². The van der Waals surface area contributed by atoms with Crippen molar-refractivity contribution in [3.8, 4) is 0 Å². The molecule has 0 radical (unpaired) electrons. The van der Waals surface area contributed by atoms with Gasteiger partial charge >= 0.3 is 5.97 Å². The molecule has 1 saturated heterocycles. The van der Waals surface area contributed by atoms with E-state index in [0.29, 0.717) is 23.2 Å². The van der Waals surface area contributed by atoms with E-state index in [-0.39, 0.29) is 5.56 Å². The third-order valence-electron chi connectivity index (χ3n) is 3.66. The molecule has 1 aliphatic heterocycles. The van der Waals surface area contributed by atoms with Crippen LogP contribution in [0.15, 0.2) is 22.6 Å². The highest BCUT2D eigenvalue weighted by Gasteiger charge is 2.22. The van der Waals surface area contributed by atoms with E-state index < -0.39 is 5.97 Å². The van der Waals surface area contributed by atoms with Gasteiger partial charge in [-0.2, -0.15) is 4.98 Å². The van der Waals surface area contributed by atoms with Gasteiger partial charge in [0.2, 0.25) is 0 Å². The minimum atomic E-state index is -0.970. The Morgan fingerprint density at radius 2 is 2.15 bits per heavy atom. The first-order chi connectivity index (χ1) is 9.65. The highest BCUT2D eigenvalue weighted by Crippen LogP contribution is 2.25. The lowest BCUT2D eigenvalue weighted by atomic mass is 10.1. The monoisotopic (exact) mass is 276 g/mol. The second-order valence-electron chi connectivity index (χ2n) is 4.94. The van der Waals surface area contributed by atoms with Crippen molar-refractivity contribution in [1.29, 1.82) is 0 Å². The van der Waals surface area contributed by atoms with Crippen LogP contribution in [0.1, 0.15) is 23.2 Å². The summed E-state index contributed by atoms with van der Waals surface area (Å²) in [6.07, 6.45) is 1.88. The summed E-state index contributed by atoms with van der Waals surface area (Å²) in [6, 6.07) is 5.58. The van der Waals surface area contributed by atoms with E-state index in [4.69, 9.17) is 14.3 Å². The molecule has 106 valence electrons. The first-order valence-corrected chi connectivity index (χ1v) is 6.59. The molecule has 2 aromatic rings. The van der Waals surface area contributed by atoms with Crippen molar-refractivity contribution >= 4 is 23.1 Å². The van der Waals surface area contributed by atoms with Crippen LogP contribution in [0.5, 0.6) is 0 Å². The van der Waals surface area contributed by atoms with Crippen LogP contribution in [-0.2, 0) is 4.74 Å². The van der Waals surface area contributed by atoms with Crippen molar-refractivity contribution in [3.05, 3.63) is 23.8 Å². The molecule has 1 N–H and O–H groups in total. The molecule has 1 aliphatic rings. The van der Waals surface area contributed by atoms with Crippen LogP contribution in [0.3, 0.4) is 0 Å². The van der Waals surface area contributed by atoms with Crippen LogP contribution in [0, 0.1) is 0 Å². The first-order valence-electron chi connectivity index (χ1n) is 6.59. The van der Waals surface area contributed by atoms with Crippen LogP contribution < -0.4 is 4.90 Å². The Balaban J connectivity index is 1.89. The molecule has 1 aromatic heterocycles. The minimum Gasteiger partial charge on any atom is -0.478 e. The molecule has 0 amide bonds. The number of anilines is 1. The fourth-order valence-electron chi connectivity index (χ4n) is 2.42. The van der Waals surface area contributed by atoms with Crippen LogP contribution in [0.25, 0.3) is 11.1 Å². The second-order valence-corrected chi connectivity index (χ2v) is 4.94. The zero-order valence-electron chi connectivity index (χ0n) is 11.2. The van der Waals surface area contributed by atoms with Crippen LogP contribution in [0.2, 0.25) is 0 Å². The summed E-state index contributed by atoms with van der Waals surface area (Å²) in [4.78, 5) is 17.4. The predicted molar refractivity (Wildman–Crippen MR) is 73.2 cm³/mol. The van der Waals surface area contributed by atoms with Gasteiger partial charge in [0, 0.05) is 26.3 Å². The number of carbonyl (C=O) groups is 1. The SMILES string of the molecule is CN(c1nc2ccc(C(=O)O)cc2o1)C1CCOCC1. The number of aromatic carboxylic acids is 1. The van der Waals surface area contributed by atoms with E-state index in [1.165, 1.54) is 12.1 Å². The maximum Gasteiger partial charge on any atom is 0.335 e. The molecule has 0 spiro atoms. The third kappa shape index (κ3) is 2.34. The fourth-order valence-corrected chi connectivity index (χ4v) is 2.42. The third-order valence-corrected chi connectivity index (χ3v) is 3.66. The summed E-state index contributed by atoms with van der Waals surface area (Å²) in [5.74, 6) is -0.970. The predicted octanol–water partition coefficient (Wildman–Crippen LogP) is 2.14. The van der Waals surface area contributed by atoms with E-state index in [9.17, 15) is 4.79 Å². The summed E-state index contributed by atoms with van der Waals surface area (Å²) in [5, 5.41) is 8.98. The van der Waals surface area contributed by atoms with E-state index >= 15 is 0 Å². The van der Waals surface area contributed by atoms with Gasteiger partial charge in [-0.1, -0.05) is 0 Å². The maximum absolute atomic E-state index is 10.9. The Kier molecular flexibility index (Phi) is 3.31. The molecule has 1 aromatic carbocycles. The van der Waals surface area contributed by atoms with E-state index in [1.54, 1.807) is 6.07 Å². The zero-order valence-corrected chi connectivity index (χ0v) is 11.2. The lowest BCUT2D eigenvalue weighted by Gasteiger charge is -2.29. The van der Waals surface area contributed by atoms with Gasteiger partial charge in [-0.25, -0.2) is 4.79 Å². The molecule has 0 saturated carbocycles. The Morgan fingerprint density at radius 3 is 2.85 bits per heavy atom. The summed E-state index contributed by atoms with van der Waals surface area (Å²) < 4.78 is 11.0. The molecule has 6 nitrogen and oxygen atoms in total. The Labute approximate surface area is 116 Å².